The summed E-state index contributed by atoms with van der Waals surface area (Å²) in [6.07, 6.45) is 2.18. The maximum absolute atomic E-state index is 13.5. The zero-order valence-corrected chi connectivity index (χ0v) is 17.7. The molecule has 0 atom stereocenters. The minimum Gasteiger partial charge on any atom is -0.356 e. The van der Waals surface area contributed by atoms with Crippen molar-refractivity contribution in [2.45, 2.75) is 32.6 Å². The van der Waals surface area contributed by atoms with Gasteiger partial charge in [-0.25, -0.2) is 12.8 Å². The molecule has 0 unspecified atom stereocenters. The van der Waals surface area contributed by atoms with Crippen LogP contribution in [0.15, 0.2) is 23.2 Å². The lowest BCUT2D eigenvalue weighted by Gasteiger charge is -2.15. The first-order valence-electron chi connectivity index (χ1n) is 7.61. The molecule has 2 N–H and O–H groups in total. The maximum atomic E-state index is 13.5. The first kappa shape index (κ1) is 23.1. The van der Waals surface area contributed by atoms with E-state index in [0.29, 0.717) is 29.5 Å². The van der Waals surface area contributed by atoms with Crippen LogP contribution in [-0.4, -0.2) is 34.2 Å². The Kier molecular flexibility index (Phi) is 10.5. The predicted molar refractivity (Wildman–Crippen MR) is 108 cm³/mol. The van der Waals surface area contributed by atoms with Gasteiger partial charge in [-0.1, -0.05) is 19.9 Å². The summed E-state index contributed by atoms with van der Waals surface area (Å²) in [5.74, 6) is 0.705. The minimum atomic E-state index is -3.18. The molecule has 0 aliphatic carbocycles. The van der Waals surface area contributed by atoms with Crippen LogP contribution in [-0.2, 0) is 22.1 Å². The lowest BCUT2D eigenvalue weighted by atomic mass is 10.1. The molecule has 0 saturated carbocycles. The maximum Gasteiger partial charge on any atom is 0.191 e. The zero-order valence-electron chi connectivity index (χ0n) is 14.6. The van der Waals surface area contributed by atoms with Crippen LogP contribution in [0.1, 0.15) is 31.4 Å². The van der Waals surface area contributed by atoms with Crippen LogP contribution >= 0.6 is 24.0 Å². The molecular formula is C16H27FIN3O2S. The molecule has 1 aromatic carbocycles. The fourth-order valence-corrected chi connectivity index (χ4v) is 2.91. The first-order valence-corrected chi connectivity index (χ1v) is 9.67. The van der Waals surface area contributed by atoms with Gasteiger partial charge in [0, 0.05) is 26.4 Å². The van der Waals surface area contributed by atoms with Crippen molar-refractivity contribution >= 4 is 39.8 Å². The second-order valence-corrected chi connectivity index (χ2v) is 8.16. The molecule has 0 aliphatic rings. The average Bonchev–Trinajstić information content (AvgIpc) is 2.43. The SMILES string of the molecule is CN=C(NCCC(C)C)NCc1cc(F)ccc1CS(C)(=O)=O.I. The molecule has 0 radical (unpaired) electrons. The number of sulfone groups is 1. The van der Waals surface area contributed by atoms with Crippen molar-refractivity contribution in [3.63, 3.8) is 0 Å². The Morgan fingerprint density at radius 1 is 1.25 bits per heavy atom. The van der Waals surface area contributed by atoms with Gasteiger partial charge in [0.15, 0.2) is 15.8 Å². The Hall–Kier alpha value is -0.900. The highest BCUT2D eigenvalue weighted by Gasteiger charge is 2.11. The van der Waals surface area contributed by atoms with Gasteiger partial charge in [-0.05, 0) is 35.6 Å². The van der Waals surface area contributed by atoms with Gasteiger partial charge in [-0.15, -0.1) is 24.0 Å². The van der Waals surface area contributed by atoms with Crippen molar-refractivity contribution in [1.82, 2.24) is 10.6 Å². The van der Waals surface area contributed by atoms with E-state index in [4.69, 9.17) is 0 Å². The van der Waals surface area contributed by atoms with Crippen molar-refractivity contribution in [3.8, 4) is 0 Å². The summed E-state index contributed by atoms with van der Waals surface area (Å²) in [5, 5.41) is 6.27. The molecule has 138 valence electrons. The van der Waals surface area contributed by atoms with E-state index in [0.717, 1.165) is 13.0 Å². The molecule has 5 nitrogen and oxygen atoms in total. The summed E-state index contributed by atoms with van der Waals surface area (Å²) in [4.78, 5) is 4.11. The van der Waals surface area contributed by atoms with Crippen LogP contribution in [0.4, 0.5) is 4.39 Å². The summed E-state index contributed by atoms with van der Waals surface area (Å²) in [6.45, 7) is 5.38. The molecule has 24 heavy (non-hydrogen) atoms. The predicted octanol–water partition coefficient (Wildman–Crippen LogP) is 2.70. The van der Waals surface area contributed by atoms with E-state index < -0.39 is 9.84 Å². The fraction of sp³-hybridized carbons (Fsp3) is 0.562. The molecule has 0 spiro atoms. The van der Waals surface area contributed by atoms with E-state index in [1.54, 1.807) is 7.05 Å². The molecule has 0 saturated heterocycles. The third-order valence-corrected chi connectivity index (χ3v) is 4.11. The van der Waals surface area contributed by atoms with Crippen molar-refractivity contribution in [2.24, 2.45) is 10.9 Å². The van der Waals surface area contributed by atoms with Crippen LogP contribution < -0.4 is 10.6 Å². The number of guanidine groups is 1. The number of halogens is 2. The smallest absolute Gasteiger partial charge is 0.191 e. The molecule has 1 aromatic rings. The van der Waals surface area contributed by atoms with Crippen molar-refractivity contribution < 1.29 is 12.8 Å². The zero-order chi connectivity index (χ0) is 17.5. The van der Waals surface area contributed by atoms with E-state index in [1.807, 2.05) is 0 Å². The molecule has 0 heterocycles. The molecule has 0 bridgehead atoms. The summed E-state index contributed by atoms with van der Waals surface area (Å²) < 4.78 is 36.4. The summed E-state index contributed by atoms with van der Waals surface area (Å²) in [7, 11) is -1.52. The summed E-state index contributed by atoms with van der Waals surface area (Å²) in [5.41, 5.74) is 1.21. The van der Waals surface area contributed by atoms with Crippen LogP contribution in [0.3, 0.4) is 0 Å². The highest BCUT2D eigenvalue weighted by molar-refractivity contribution is 14.0. The van der Waals surface area contributed by atoms with E-state index >= 15 is 0 Å². The van der Waals surface area contributed by atoms with E-state index in [2.05, 4.69) is 29.5 Å². The summed E-state index contributed by atoms with van der Waals surface area (Å²) in [6, 6.07) is 4.15. The topological polar surface area (TPSA) is 70.6 Å². The minimum absolute atomic E-state index is 0. The Bertz CT molecular complexity index is 649. The van der Waals surface area contributed by atoms with Crippen LogP contribution in [0.2, 0.25) is 0 Å². The highest BCUT2D eigenvalue weighted by Crippen LogP contribution is 2.14. The van der Waals surface area contributed by atoms with Gasteiger partial charge in [0.2, 0.25) is 0 Å². The lowest BCUT2D eigenvalue weighted by Crippen LogP contribution is -2.37. The van der Waals surface area contributed by atoms with Crippen molar-refractivity contribution in [2.75, 3.05) is 19.8 Å². The number of nitrogens with one attached hydrogen (secondary N) is 2. The molecule has 0 aliphatic heterocycles. The third-order valence-electron chi connectivity index (χ3n) is 3.27. The highest BCUT2D eigenvalue weighted by atomic mass is 127. The average molecular weight is 471 g/mol. The number of hydrogen-bond acceptors (Lipinski definition) is 3. The van der Waals surface area contributed by atoms with E-state index in [-0.39, 0.29) is 35.5 Å². The van der Waals surface area contributed by atoms with Gasteiger partial charge in [0.25, 0.3) is 0 Å². The van der Waals surface area contributed by atoms with Gasteiger partial charge < -0.3 is 10.6 Å². The number of rotatable bonds is 7. The van der Waals surface area contributed by atoms with Gasteiger partial charge >= 0.3 is 0 Å². The number of nitrogens with zero attached hydrogens (tertiary/aromatic N) is 1. The summed E-state index contributed by atoms with van der Waals surface area (Å²) >= 11 is 0. The fourth-order valence-electron chi connectivity index (χ4n) is 2.06. The normalized spacial score (nSPS) is 12.0. The number of aliphatic imine (C=N–C) groups is 1. The standard InChI is InChI=1S/C16H26FN3O2S.HI/c1-12(2)7-8-19-16(18-3)20-10-14-9-15(17)6-5-13(14)11-23(4,21)22;/h5-6,9,12H,7-8,10-11H2,1-4H3,(H2,18,19,20);1H. The molecule has 0 fully saturated rings. The second-order valence-electron chi connectivity index (χ2n) is 6.02. The Morgan fingerprint density at radius 2 is 1.92 bits per heavy atom. The Balaban J connectivity index is 0.00000529. The Morgan fingerprint density at radius 3 is 2.46 bits per heavy atom. The van der Waals surface area contributed by atoms with Gasteiger partial charge in [0.05, 0.1) is 5.75 Å². The third kappa shape index (κ3) is 9.41. The lowest BCUT2D eigenvalue weighted by molar-refractivity contribution is 0.573. The van der Waals surface area contributed by atoms with Crippen molar-refractivity contribution in [1.29, 1.82) is 0 Å². The van der Waals surface area contributed by atoms with Gasteiger partial charge in [-0.3, -0.25) is 4.99 Å². The van der Waals surface area contributed by atoms with Crippen LogP contribution in [0.5, 0.6) is 0 Å². The van der Waals surface area contributed by atoms with Crippen molar-refractivity contribution in [3.05, 3.63) is 35.1 Å². The van der Waals surface area contributed by atoms with Gasteiger partial charge in [-0.2, -0.15) is 0 Å². The van der Waals surface area contributed by atoms with E-state index in [9.17, 15) is 12.8 Å². The molecule has 1 rings (SSSR count). The molecule has 8 heteroatoms. The van der Waals surface area contributed by atoms with Crippen LogP contribution in [0.25, 0.3) is 0 Å². The quantitative estimate of drug-likeness (QED) is 0.365. The molecule has 0 aromatic heterocycles. The van der Waals surface area contributed by atoms with Crippen LogP contribution in [0, 0.1) is 11.7 Å². The number of benzene rings is 1. The first-order chi connectivity index (χ1) is 10.7. The monoisotopic (exact) mass is 471 g/mol. The molecule has 0 amide bonds. The number of hydrogen-bond donors (Lipinski definition) is 2. The second kappa shape index (κ2) is 10.9. The molecular weight excluding hydrogens is 444 g/mol. The largest absolute Gasteiger partial charge is 0.356 e. The van der Waals surface area contributed by atoms with E-state index in [1.165, 1.54) is 24.5 Å². The Labute approximate surface area is 161 Å². The van der Waals surface area contributed by atoms with Gasteiger partial charge in [0.1, 0.15) is 5.82 Å².